The molecule has 0 radical (unpaired) electrons. The molecular formula is C12H8Cl2O2S. The minimum atomic E-state index is -0.0917. The van der Waals surface area contributed by atoms with Gasteiger partial charge in [0.1, 0.15) is 0 Å². The van der Waals surface area contributed by atoms with Crippen LogP contribution in [-0.2, 0) is 0 Å². The number of Topliss-reactive ketones (excluding diaryl/α,β-unsaturated/α-hetero) is 1. The second-order valence-electron chi connectivity index (χ2n) is 3.35. The number of benzene rings is 1. The van der Waals surface area contributed by atoms with Crippen LogP contribution in [0.4, 0.5) is 0 Å². The van der Waals surface area contributed by atoms with Gasteiger partial charge < -0.3 is 4.42 Å². The molecule has 0 bridgehead atoms. The monoisotopic (exact) mass is 286 g/mol. The van der Waals surface area contributed by atoms with Crippen molar-refractivity contribution in [3.8, 4) is 0 Å². The average Bonchev–Trinajstić information content (AvgIpc) is 2.72. The number of carbonyl (C=O) groups excluding carboxylic acids is 1. The van der Waals surface area contributed by atoms with E-state index in [-0.39, 0.29) is 5.78 Å². The van der Waals surface area contributed by atoms with Crippen molar-refractivity contribution in [1.82, 2.24) is 0 Å². The molecule has 1 aromatic heterocycles. The topological polar surface area (TPSA) is 30.2 Å². The number of hydrogen-bond acceptors (Lipinski definition) is 3. The molecule has 0 saturated carbocycles. The second kappa shape index (κ2) is 5.17. The molecule has 0 aliphatic carbocycles. The minimum absolute atomic E-state index is 0.0917. The van der Waals surface area contributed by atoms with Gasteiger partial charge in [-0.1, -0.05) is 35.0 Å². The summed E-state index contributed by atoms with van der Waals surface area (Å²) in [4.78, 5) is 12.0. The summed E-state index contributed by atoms with van der Waals surface area (Å²) >= 11 is 13.1. The maximum Gasteiger partial charge on any atom is 0.194 e. The van der Waals surface area contributed by atoms with E-state index in [9.17, 15) is 4.79 Å². The number of halogens is 2. The van der Waals surface area contributed by atoms with Crippen molar-refractivity contribution in [3.63, 3.8) is 0 Å². The van der Waals surface area contributed by atoms with Crippen molar-refractivity contribution in [1.29, 1.82) is 0 Å². The third kappa shape index (κ3) is 3.06. The number of hydrogen-bond donors (Lipinski definition) is 0. The molecule has 0 unspecified atom stereocenters. The van der Waals surface area contributed by atoms with Gasteiger partial charge >= 0.3 is 0 Å². The van der Waals surface area contributed by atoms with Crippen molar-refractivity contribution in [2.75, 3.05) is 0 Å². The highest BCUT2D eigenvalue weighted by molar-refractivity contribution is 7.99. The van der Waals surface area contributed by atoms with Gasteiger partial charge in [-0.2, -0.15) is 0 Å². The Morgan fingerprint density at radius 2 is 1.94 bits per heavy atom. The van der Waals surface area contributed by atoms with Crippen molar-refractivity contribution in [2.24, 2.45) is 0 Å². The van der Waals surface area contributed by atoms with E-state index in [0.717, 1.165) is 4.90 Å². The molecule has 0 fully saturated rings. The van der Waals surface area contributed by atoms with Crippen LogP contribution in [0.1, 0.15) is 17.5 Å². The van der Waals surface area contributed by atoms with Crippen LogP contribution in [0.2, 0.25) is 10.0 Å². The van der Waals surface area contributed by atoms with Gasteiger partial charge in [0.2, 0.25) is 0 Å². The molecule has 17 heavy (non-hydrogen) atoms. The summed E-state index contributed by atoms with van der Waals surface area (Å²) in [6.45, 7) is 1.46. The summed E-state index contributed by atoms with van der Waals surface area (Å²) in [5, 5.41) is 1.66. The number of carbonyl (C=O) groups is 1. The molecule has 0 N–H and O–H groups in total. The molecule has 2 aromatic rings. The summed E-state index contributed by atoms with van der Waals surface area (Å²) < 4.78 is 5.36. The fraction of sp³-hybridized carbons (Fsp3) is 0.0833. The van der Waals surface area contributed by atoms with Crippen molar-refractivity contribution in [3.05, 3.63) is 46.1 Å². The highest BCUT2D eigenvalue weighted by Gasteiger charge is 2.08. The summed E-state index contributed by atoms with van der Waals surface area (Å²) in [7, 11) is 0. The Balaban J connectivity index is 2.19. The van der Waals surface area contributed by atoms with Crippen LogP contribution in [0.15, 0.2) is 44.7 Å². The molecule has 88 valence electrons. The highest BCUT2D eigenvalue weighted by atomic mass is 35.5. The lowest BCUT2D eigenvalue weighted by Gasteiger charge is -2.00. The van der Waals surface area contributed by atoms with Gasteiger partial charge in [-0.25, -0.2) is 0 Å². The molecule has 5 heteroatoms. The van der Waals surface area contributed by atoms with E-state index in [4.69, 9.17) is 27.6 Å². The van der Waals surface area contributed by atoms with Gasteiger partial charge in [0.25, 0.3) is 0 Å². The smallest absolute Gasteiger partial charge is 0.194 e. The van der Waals surface area contributed by atoms with E-state index >= 15 is 0 Å². The van der Waals surface area contributed by atoms with Crippen LogP contribution in [0.3, 0.4) is 0 Å². The SMILES string of the molecule is CC(=O)c1ccc(Sc2ccc(Cl)c(Cl)c2)o1. The lowest BCUT2D eigenvalue weighted by Crippen LogP contribution is -1.85. The Morgan fingerprint density at radius 1 is 1.18 bits per heavy atom. The summed E-state index contributed by atoms with van der Waals surface area (Å²) in [5.41, 5.74) is 0. The number of rotatable bonds is 3. The van der Waals surface area contributed by atoms with Crippen molar-refractivity contribution in [2.45, 2.75) is 16.9 Å². The quantitative estimate of drug-likeness (QED) is 0.749. The van der Waals surface area contributed by atoms with Gasteiger partial charge in [-0.3, -0.25) is 4.79 Å². The van der Waals surface area contributed by atoms with Gasteiger partial charge in [-0.05, 0) is 30.3 Å². The van der Waals surface area contributed by atoms with Crippen LogP contribution >= 0.6 is 35.0 Å². The molecular weight excluding hydrogens is 279 g/mol. The first-order valence-electron chi connectivity index (χ1n) is 4.80. The predicted molar refractivity (Wildman–Crippen MR) is 69.3 cm³/mol. The standard InChI is InChI=1S/C12H8Cl2O2S/c1-7(15)11-4-5-12(16-11)17-8-2-3-9(13)10(14)6-8/h2-6H,1H3. The fourth-order valence-corrected chi connectivity index (χ4v) is 2.40. The van der Waals surface area contributed by atoms with Gasteiger partial charge in [0, 0.05) is 11.8 Å². The van der Waals surface area contributed by atoms with Crippen LogP contribution in [0.5, 0.6) is 0 Å². The Morgan fingerprint density at radius 3 is 2.53 bits per heavy atom. The lowest BCUT2D eigenvalue weighted by molar-refractivity contribution is 0.0982. The van der Waals surface area contributed by atoms with Gasteiger partial charge in [-0.15, -0.1) is 0 Å². The average molecular weight is 287 g/mol. The zero-order chi connectivity index (χ0) is 12.4. The van der Waals surface area contributed by atoms with Crippen LogP contribution in [0, 0.1) is 0 Å². The summed E-state index contributed by atoms with van der Waals surface area (Å²) in [6, 6.07) is 8.73. The first kappa shape index (κ1) is 12.6. The third-order valence-electron chi connectivity index (χ3n) is 2.04. The Bertz CT molecular complexity index is 563. The lowest BCUT2D eigenvalue weighted by atomic mass is 10.3. The first-order chi connectivity index (χ1) is 8.06. The Hall–Kier alpha value is -0.900. The first-order valence-corrected chi connectivity index (χ1v) is 6.37. The summed E-state index contributed by atoms with van der Waals surface area (Å²) in [5.74, 6) is 0.263. The predicted octanol–water partition coefficient (Wildman–Crippen LogP) is 4.94. The molecule has 2 nitrogen and oxygen atoms in total. The number of ketones is 1. The Labute approximate surface area is 113 Å². The molecule has 0 aliphatic heterocycles. The largest absolute Gasteiger partial charge is 0.446 e. The molecule has 0 aliphatic rings. The fourth-order valence-electron chi connectivity index (χ4n) is 1.22. The molecule has 0 atom stereocenters. The van der Waals surface area contributed by atoms with E-state index in [1.54, 1.807) is 24.3 Å². The zero-order valence-electron chi connectivity index (χ0n) is 8.87. The molecule has 0 spiro atoms. The van der Waals surface area contributed by atoms with Crippen molar-refractivity contribution < 1.29 is 9.21 Å². The minimum Gasteiger partial charge on any atom is -0.446 e. The molecule has 0 amide bonds. The highest BCUT2D eigenvalue weighted by Crippen LogP contribution is 2.33. The van der Waals surface area contributed by atoms with Gasteiger partial charge in [0.15, 0.2) is 16.6 Å². The Kier molecular flexibility index (Phi) is 3.82. The molecule has 0 saturated heterocycles. The van der Waals surface area contributed by atoms with E-state index in [0.29, 0.717) is 20.9 Å². The third-order valence-corrected chi connectivity index (χ3v) is 3.69. The maximum atomic E-state index is 11.1. The van der Waals surface area contributed by atoms with Gasteiger partial charge in [0.05, 0.1) is 10.0 Å². The van der Waals surface area contributed by atoms with E-state index in [2.05, 4.69) is 0 Å². The zero-order valence-corrected chi connectivity index (χ0v) is 11.2. The van der Waals surface area contributed by atoms with E-state index in [1.807, 2.05) is 6.07 Å². The number of furan rings is 1. The van der Waals surface area contributed by atoms with E-state index < -0.39 is 0 Å². The molecule has 1 heterocycles. The van der Waals surface area contributed by atoms with Crippen LogP contribution in [0.25, 0.3) is 0 Å². The normalized spacial score (nSPS) is 10.5. The molecule has 1 aromatic carbocycles. The molecule has 2 rings (SSSR count). The maximum absolute atomic E-state index is 11.1. The van der Waals surface area contributed by atoms with Crippen molar-refractivity contribution >= 4 is 40.7 Å². The second-order valence-corrected chi connectivity index (χ2v) is 5.25. The van der Waals surface area contributed by atoms with E-state index in [1.165, 1.54) is 18.7 Å². The van der Waals surface area contributed by atoms with Crippen LogP contribution < -0.4 is 0 Å². The van der Waals surface area contributed by atoms with Crippen LogP contribution in [-0.4, -0.2) is 5.78 Å². The summed E-state index contributed by atoms with van der Waals surface area (Å²) in [6.07, 6.45) is 0.